The van der Waals surface area contributed by atoms with Crippen LogP contribution in [0, 0.1) is 0 Å². The van der Waals surface area contributed by atoms with Crippen LogP contribution in [0.4, 0.5) is 5.82 Å². The minimum atomic E-state index is 0.664. The Labute approximate surface area is 110 Å². The Kier molecular flexibility index (Phi) is 2.97. The Morgan fingerprint density at radius 3 is 3.00 bits per heavy atom. The topological polar surface area (TPSA) is 71.4 Å². The number of aryl methyl sites for hydroxylation is 1. The predicted octanol–water partition coefficient (Wildman–Crippen LogP) is 1.82. The van der Waals surface area contributed by atoms with Crippen molar-refractivity contribution in [2.75, 3.05) is 5.32 Å². The number of H-pyrrole nitrogens is 1. The highest BCUT2D eigenvalue weighted by molar-refractivity contribution is 5.61. The molecule has 6 nitrogen and oxygen atoms in total. The third kappa shape index (κ3) is 2.47. The molecule has 0 spiro atoms. The first-order valence-electron chi connectivity index (χ1n) is 5.99. The standard InChI is InChI=1S/C13H14N6/c1-19-6-4-12(18-19)15-8-11-9-16-17-13(11)10-3-2-5-14-7-10/h2-7,9H,8H2,1H3,(H,15,18)(H,16,17). The van der Waals surface area contributed by atoms with E-state index >= 15 is 0 Å². The van der Waals surface area contributed by atoms with Crippen LogP contribution >= 0.6 is 0 Å². The number of rotatable bonds is 4. The molecule has 0 atom stereocenters. The van der Waals surface area contributed by atoms with Crippen molar-refractivity contribution in [3.05, 3.63) is 48.5 Å². The van der Waals surface area contributed by atoms with E-state index in [4.69, 9.17) is 0 Å². The van der Waals surface area contributed by atoms with Crippen LogP contribution in [0.15, 0.2) is 43.0 Å². The summed E-state index contributed by atoms with van der Waals surface area (Å²) in [5, 5.41) is 14.6. The fourth-order valence-corrected chi connectivity index (χ4v) is 1.90. The van der Waals surface area contributed by atoms with Gasteiger partial charge in [0.15, 0.2) is 0 Å². The molecule has 6 heteroatoms. The van der Waals surface area contributed by atoms with Crippen LogP contribution in [-0.2, 0) is 13.6 Å². The fourth-order valence-electron chi connectivity index (χ4n) is 1.90. The lowest BCUT2D eigenvalue weighted by molar-refractivity contribution is 0.768. The Balaban J connectivity index is 1.77. The Morgan fingerprint density at radius 2 is 2.26 bits per heavy atom. The van der Waals surface area contributed by atoms with Crippen molar-refractivity contribution in [3.63, 3.8) is 0 Å². The second-order valence-corrected chi connectivity index (χ2v) is 4.24. The van der Waals surface area contributed by atoms with Gasteiger partial charge in [-0.1, -0.05) is 0 Å². The van der Waals surface area contributed by atoms with Gasteiger partial charge in [-0.25, -0.2) is 0 Å². The largest absolute Gasteiger partial charge is 0.364 e. The van der Waals surface area contributed by atoms with Crippen LogP contribution in [0.3, 0.4) is 0 Å². The van der Waals surface area contributed by atoms with Gasteiger partial charge in [-0.2, -0.15) is 10.2 Å². The van der Waals surface area contributed by atoms with Gasteiger partial charge in [0.1, 0.15) is 5.82 Å². The molecule has 96 valence electrons. The van der Waals surface area contributed by atoms with Crippen LogP contribution < -0.4 is 5.32 Å². The Morgan fingerprint density at radius 1 is 1.32 bits per heavy atom. The van der Waals surface area contributed by atoms with Crippen LogP contribution in [0.2, 0.25) is 0 Å². The molecule has 0 unspecified atom stereocenters. The molecule has 0 aliphatic rings. The highest BCUT2D eigenvalue weighted by Crippen LogP contribution is 2.20. The van der Waals surface area contributed by atoms with Crippen molar-refractivity contribution >= 4 is 5.82 Å². The molecule has 0 aromatic carbocycles. The summed E-state index contributed by atoms with van der Waals surface area (Å²) in [7, 11) is 1.89. The number of nitrogens with zero attached hydrogens (tertiary/aromatic N) is 4. The van der Waals surface area contributed by atoms with Crippen LogP contribution in [0.25, 0.3) is 11.3 Å². The first kappa shape index (κ1) is 11.5. The van der Waals surface area contributed by atoms with Gasteiger partial charge in [0.2, 0.25) is 0 Å². The van der Waals surface area contributed by atoms with Crippen molar-refractivity contribution in [2.24, 2.45) is 7.05 Å². The van der Waals surface area contributed by atoms with Gasteiger partial charge < -0.3 is 5.32 Å². The SMILES string of the molecule is Cn1ccc(NCc2cn[nH]c2-c2cccnc2)n1. The quantitative estimate of drug-likeness (QED) is 0.745. The highest BCUT2D eigenvalue weighted by atomic mass is 15.3. The zero-order valence-corrected chi connectivity index (χ0v) is 10.5. The molecule has 0 aliphatic carbocycles. The maximum Gasteiger partial charge on any atom is 0.148 e. The van der Waals surface area contributed by atoms with E-state index in [1.807, 2.05) is 43.8 Å². The number of nitrogens with one attached hydrogen (secondary N) is 2. The lowest BCUT2D eigenvalue weighted by Gasteiger charge is -2.04. The smallest absolute Gasteiger partial charge is 0.148 e. The highest BCUT2D eigenvalue weighted by Gasteiger charge is 2.07. The predicted molar refractivity (Wildman–Crippen MR) is 72.4 cm³/mol. The van der Waals surface area contributed by atoms with Crippen molar-refractivity contribution in [1.82, 2.24) is 25.0 Å². The molecule has 2 N–H and O–H groups in total. The van der Waals surface area contributed by atoms with Crippen molar-refractivity contribution in [3.8, 4) is 11.3 Å². The molecule has 3 heterocycles. The molecule has 3 aromatic rings. The summed E-state index contributed by atoms with van der Waals surface area (Å²) >= 11 is 0. The normalized spacial score (nSPS) is 10.6. The lowest BCUT2D eigenvalue weighted by atomic mass is 10.1. The van der Waals surface area contributed by atoms with Gasteiger partial charge in [-0.15, -0.1) is 0 Å². The summed E-state index contributed by atoms with van der Waals surface area (Å²) in [5.74, 6) is 0.848. The molecule has 0 saturated heterocycles. The zero-order chi connectivity index (χ0) is 13.1. The summed E-state index contributed by atoms with van der Waals surface area (Å²) in [6.45, 7) is 0.664. The lowest BCUT2D eigenvalue weighted by Crippen LogP contribution is -2.01. The van der Waals surface area contributed by atoms with E-state index in [0.717, 1.165) is 22.6 Å². The number of aromatic amines is 1. The number of anilines is 1. The Hall–Kier alpha value is -2.63. The van der Waals surface area contributed by atoms with E-state index < -0.39 is 0 Å². The van der Waals surface area contributed by atoms with Gasteiger partial charge >= 0.3 is 0 Å². The summed E-state index contributed by atoms with van der Waals surface area (Å²) in [5.41, 5.74) is 3.09. The molecular weight excluding hydrogens is 240 g/mol. The molecule has 0 radical (unpaired) electrons. The van der Waals surface area contributed by atoms with E-state index in [1.165, 1.54) is 0 Å². The molecule has 3 aromatic heterocycles. The molecule has 0 saturated carbocycles. The average Bonchev–Trinajstić information content (AvgIpc) is 3.06. The van der Waals surface area contributed by atoms with Crippen molar-refractivity contribution < 1.29 is 0 Å². The van der Waals surface area contributed by atoms with E-state index in [9.17, 15) is 0 Å². The first-order chi connectivity index (χ1) is 9.33. The third-order valence-electron chi connectivity index (χ3n) is 2.84. The maximum absolute atomic E-state index is 4.28. The van der Waals surface area contributed by atoms with Gasteiger partial charge in [-0.3, -0.25) is 14.8 Å². The van der Waals surface area contributed by atoms with Crippen LogP contribution in [-0.4, -0.2) is 25.0 Å². The number of pyridine rings is 1. The minimum Gasteiger partial charge on any atom is -0.364 e. The summed E-state index contributed by atoms with van der Waals surface area (Å²) in [6.07, 6.45) is 7.29. The number of hydrogen-bond donors (Lipinski definition) is 2. The van der Waals surface area contributed by atoms with E-state index in [-0.39, 0.29) is 0 Å². The molecule has 0 amide bonds. The third-order valence-corrected chi connectivity index (χ3v) is 2.84. The zero-order valence-electron chi connectivity index (χ0n) is 10.5. The molecule has 0 bridgehead atoms. The summed E-state index contributed by atoms with van der Waals surface area (Å²) in [6, 6.07) is 5.85. The second kappa shape index (κ2) is 4.93. The van der Waals surface area contributed by atoms with Gasteiger partial charge in [0.05, 0.1) is 11.9 Å². The maximum atomic E-state index is 4.28. The summed E-state index contributed by atoms with van der Waals surface area (Å²) in [4.78, 5) is 4.12. The van der Waals surface area contributed by atoms with E-state index in [2.05, 4.69) is 25.6 Å². The van der Waals surface area contributed by atoms with E-state index in [0.29, 0.717) is 6.54 Å². The van der Waals surface area contributed by atoms with Gasteiger partial charge in [-0.05, 0) is 12.1 Å². The molecule has 0 fully saturated rings. The average molecular weight is 254 g/mol. The second-order valence-electron chi connectivity index (χ2n) is 4.24. The van der Waals surface area contributed by atoms with Crippen LogP contribution in [0.5, 0.6) is 0 Å². The minimum absolute atomic E-state index is 0.664. The number of hydrogen-bond acceptors (Lipinski definition) is 4. The molecule has 19 heavy (non-hydrogen) atoms. The summed E-state index contributed by atoms with van der Waals surface area (Å²) < 4.78 is 1.76. The van der Waals surface area contributed by atoms with Crippen LogP contribution in [0.1, 0.15) is 5.56 Å². The monoisotopic (exact) mass is 254 g/mol. The van der Waals surface area contributed by atoms with Crippen molar-refractivity contribution in [1.29, 1.82) is 0 Å². The molecular formula is C13H14N6. The molecule has 3 rings (SSSR count). The van der Waals surface area contributed by atoms with Crippen molar-refractivity contribution in [2.45, 2.75) is 6.54 Å². The Bertz CT molecular complexity index is 655. The van der Waals surface area contributed by atoms with E-state index in [1.54, 1.807) is 10.9 Å². The van der Waals surface area contributed by atoms with Gasteiger partial charge in [0, 0.05) is 49.4 Å². The fraction of sp³-hybridized carbons (Fsp3) is 0.154. The number of aromatic nitrogens is 5. The first-order valence-corrected chi connectivity index (χ1v) is 5.99. The van der Waals surface area contributed by atoms with Gasteiger partial charge in [0.25, 0.3) is 0 Å². The molecule has 0 aliphatic heterocycles.